The number of anilines is 2. The number of nitrogen functional groups attached to an aromatic ring is 1. The normalized spacial score (nSPS) is 11.6. The topological polar surface area (TPSA) is 90.9 Å². The maximum Gasteiger partial charge on any atom is 0.225 e. The predicted molar refractivity (Wildman–Crippen MR) is 125 cm³/mol. The third-order valence-corrected chi connectivity index (χ3v) is 4.89. The molecule has 4 rings (SSSR count). The van der Waals surface area contributed by atoms with Gasteiger partial charge >= 0.3 is 0 Å². The number of nitrogens with zero attached hydrogens (tertiary/aromatic N) is 4. The van der Waals surface area contributed by atoms with Gasteiger partial charge in [-0.1, -0.05) is 42.0 Å². The van der Waals surface area contributed by atoms with E-state index in [9.17, 15) is 0 Å². The summed E-state index contributed by atoms with van der Waals surface area (Å²) >= 11 is 0. The van der Waals surface area contributed by atoms with Crippen molar-refractivity contribution in [3.8, 4) is 17.0 Å². The molecule has 0 atom stereocenters. The molecule has 160 valence electrons. The molecular weight excluding hydrogens is 388 g/mol. The predicted octanol–water partition coefficient (Wildman–Crippen LogP) is 4.63. The number of rotatable bonds is 6. The van der Waals surface area contributed by atoms with Crippen molar-refractivity contribution >= 4 is 22.8 Å². The van der Waals surface area contributed by atoms with Gasteiger partial charge in [-0.2, -0.15) is 4.98 Å². The molecule has 0 aliphatic carbocycles. The summed E-state index contributed by atoms with van der Waals surface area (Å²) in [5.41, 5.74) is 9.72. The van der Waals surface area contributed by atoms with Crippen LogP contribution in [-0.4, -0.2) is 32.9 Å². The zero-order valence-electron chi connectivity index (χ0n) is 18.4. The Bertz CT molecular complexity index is 1190. The van der Waals surface area contributed by atoms with Crippen LogP contribution in [-0.2, 0) is 5.54 Å². The minimum atomic E-state index is -0.272. The molecule has 3 N–H and O–H groups in total. The number of benzene rings is 2. The molecule has 7 heteroatoms. The lowest BCUT2D eigenvalue weighted by Crippen LogP contribution is -2.24. The van der Waals surface area contributed by atoms with Crippen LogP contribution in [0.3, 0.4) is 0 Å². The fourth-order valence-electron chi connectivity index (χ4n) is 3.45. The molecule has 0 spiro atoms. The minimum Gasteiger partial charge on any atom is -0.492 e. The third kappa shape index (κ3) is 4.45. The average Bonchev–Trinajstić information content (AvgIpc) is 3.08. The fraction of sp³-hybridized carbons (Fsp3) is 0.292. The summed E-state index contributed by atoms with van der Waals surface area (Å²) in [6, 6.07) is 17.9. The Morgan fingerprint density at radius 2 is 1.81 bits per heavy atom. The first-order valence-electron chi connectivity index (χ1n) is 10.4. The molecule has 0 radical (unpaired) electrons. The van der Waals surface area contributed by atoms with Gasteiger partial charge in [-0.15, -0.1) is 5.10 Å². The van der Waals surface area contributed by atoms with E-state index >= 15 is 0 Å². The summed E-state index contributed by atoms with van der Waals surface area (Å²) in [6.07, 6.45) is 0. The lowest BCUT2D eigenvalue weighted by atomic mass is 10.1. The zero-order valence-corrected chi connectivity index (χ0v) is 18.4. The van der Waals surface area contributed by atoms with E-state index in [1.807, 2.05) is 47.1 Å². The van der Waals surface area contributed by atoms with Gasteiger partial charge in [0.05, 0.1) is 23.2 Å². The number of hydrogen-bond acceptors (Lipinski definition) is 6. The van der Waals surface area contributed by atoms with Gasteiger partial charge in [-0.05, 0) is 45.9 Å². The molecule has 7 nitrogen and oxygen atoms in total. The van der Waals surface area contributed by atoms with Crippen LogP contribution in [0, 0.1) is 6.92 Å². The Morgan fingerprint density at radius 3 is 2.52 bits per heavy atom. The summed E-state index contributed by atoms with van der Waals surface area (Å²) < 4.78 is 7.57. The molecule has 0 amide bonds. The van der Waals surface area contributed by atoms with Gasteiger partial charge < -0.3 is 15.8 Å². The van der Waals surface area contributed by atoms with Crippen molar-refractivity contribution in [2.45, 2.75) is 33.2 Å². The molecule has 0 aliphatic heterocycles. The number of nitrogens with one attached hydrogen (secondary N) is 1. The van der Waals surface area contributed by atoms with E-state index in [4.69, 9.17) is 20.6 Å². The Hall–Kier alpha value is -3.61. The molecule has 0 aliphatic rings. The molecule has 2 aromatic heterocycles. The van der Waals surface area contributed by atoms with Gasteiger partial charge in [-0.25, -0.2) is 9.67 Å². The lowest BCUT2D eigenvalue weighted by molar-refractivity contribution is 0.332. The molecule has 0 saturated heterocycles. The number of aromatic nitrogens is 4. The van der Waals surface area contributed by atoms with Crippen molar-refractivity contribution in [1.29, 1.82) is 0 Å². The number of nitrogens with two attached hydrogens (primary N) is 1. The van der Waals surface area contributed by atoms with Crippen molar-refractivity contribution in [1.82, 2.24) is 19.7 Å². The first-order chi connectivity index (χ1) is 14.8. The molecule has 0 unspecified atom stereocenters. The Morgan fingerprint density at radius 1 is 1.03 bits per heavy atom. The van der Waals surface area contributed by atoms with Crippen LogP contribution in [0.15, 0.2) is 54.6 Å². The third-order valence-electron chi connectivity index (χ3n) is 4.89. The molecule has 0 fully saturated rings. The van der Waals surface area contributed by atoms with E-state index in [2.05, 4.69) is 50.1 Å². The number of fused-ring (bicyclic) bond motifs is 1. The van der Waals surface area contributed by atoms with Crippen LogP contribution in [0.1, 0.15) is 26.3 Å². The highest BCUT2D eigenvalue weighted by molar-refractivity contribution is 5.99. The molecule has 0 saturated carbocycles. The van der Waals surface area contributed by atoms with Gasteiger partial charge in [0.2, 0.25) is 5.95 Å². The minimum absolute atomic E-state index is 0.272. The quantitative estimate of drug-likeness (QED) is 0.445. The largest absolute Gasteiger partial charge is 0.492 e. The van der Waals surface area contributed by atoms with Crippen LogP contribution >= 0.6 is 0 Å². The van der Waals surface area contributed by atoms with Crippen molar-refractivity contribution < 1.29 is 4.74 Å². The fourth-order valence-corrected chi connectivity index (χ4v) is 3.45. The highest BCUT2D eigenvalue weighted by Crippen LogP contribution is 2.34. The SMILES string of the molecule is Cc1cccc(-c2nc(NCCOc3ccccc3)nc3nn(C(C)(C)C)c(N)c23)c1. The van der Waals surface area contributed by atoms with Gasteiger partial charge in [-0.3, -0.25) is 0 Å². The van der Waals surface area contributed by atoms with Gasteiger partial charge in [0, 0.05) is 5.56 Å². The lowest BCUT2D eigenvalue weighted by Gasteiger charge is -2.20. The second-order valence-corrected chi connectivity index (χ2v) is 8.52. The number of aryl methyl sites for hydroxylation is 1. The first-order valence-corrected chi connectivity index (χ1v) is 10.4. The van der Waals surface area contributed by atoms with Crippen LogP contribution < -0.4 is 15.8 Å². The highest BCUT2D eigenvalue weighted by Gasteiger charge is 2.24. The molecule has 4 aromatic rings. The van der Waals surface area contributed by atoms with E-state index in [1.54, 1.807) is 0 Å². The highest BCUT2D eigenvalue weighted by atomic mass is 16.5. The molecular formula is C24H28N6O. The maximum atomic E-state index is 6.52. The molecule has 2 heterocycles. The van der Waals surface area contributed by atoms with Crippen molar-refractivity contribution in [2.75, 3.05) is 24.2 Å². The average molecular weight is 417 g/mol. The summed E-state index contributed by atoms with van der Waals surface area (Å²) in [7, 11) is 0. The Kier molecular flexibility index (Phi) is 5.50. The van der Waals surface area contributed by atoms with Crippen molar-refractivity contribution in [3.63, 3.8) is 0 Å². The number of hydrogen-bond donors (Lipinski definition) is 2. The van der Waals surface area contributed by atoms with Crippen molar-refractivity contribution in [2.24, 2.45) is 0 Å². The Balaban J connectivity index is 1.68. The van der Waals surface area contributed by atoms with E-state index < -0.39 is 0 Å². The van der Waals surface area contributed by atoms with Crippen LogP contribution in [0.2, 0.25) is 0 Å². The van der Waals surface area contributed by atoms with E-state index in [0.717, 1.165) is 28.0 Å². The van der Waals surface area contributed by atoms with Crippen molar-refractivity contribution in [3.05, 3.63) is 60.2 Å². The van der Waals surface area contributed by atoms with Crippen LogP contribution in [0.4, 0.5) is 11.8 Å². The van der Waals surface area contributed by atoms with E-state index in [-0.39, 0.29) is 5.54 Å². The monoisotopic (exact) mass is 416 g/mol. The molecule has 31 heavy (non-hydrogen) atoms. The second kappa shape index (κ2) is 8.26. The number of para-hydroxylation sites is 1. The zero-order chi connectivity index (χ0) is 22.0. The summed E-state index contributed by atoms with van der Waals surface area (Å²) in [4.78, 5) is 9.44. The smallest absolute Gasteiger partial charge is 0.225 e. The first kappa shape index (κ1) is 20.7. The van der Waals surface area contributed by atoms with Crippen LogP contribution in [0.5, 0.6) is 5.75 Å². The van der Waals surface area contributed by atoms with Gasteiger partial charge in [0.15, 0.2) is 5.65 Å². The maximum absolute atomic E-state index is 6.52. The van der Waals surface area contributed by atoms with E-state index in [1.165, 1.54) is 0 Å². The summed E-state index contributed by atoms with van der Waals surface area (Å²) in [6.45, 7) is 9.30. The second-order valence-electron chi connectivity index (χ2n) is 8.52. The Labute approximate surface area is 182 Å². The van der Waals surface area contributed by atoms with Crippen LogP contribution in [0.25, 0.3) is 22.3 Å². The summed E-state index contributed by atoms with van der Waals surface area (Å²) in [5.74, 6) is 1.90. The molecule has 2 aromatic carbocycles. The summed E-state index contributed by atoms with van der Waals surface area (Å²) in [5, 5.41) is 8.73. The van der Waals surface area contributed by atoms with Gasteiger partial charge in [0.1, 0.15) is 18.2 Å². The van der Waals surface area contributed by atoms with E-state index in [0.29, 0.717) is 30.6 Å². The number of ether oxygens (including phenoxy) is 1. The standard InChI is InChI=1S/C24H28N6O/c1-16-9-8-10-17(15-16)20-19-21(25)30(24(2,3)4)29-22(19)28-23(27-20)26-13-14-31-18-11-6-5-7-12-18/h5-12,15H,13-14,25H2,1-4H3,(H,26,28,29). The van der Waals surface area contributed by atoms with Gasteiger partial charge in [0.25, 0.3) is 0 Å². The molecule has 0 bridgehead atoms.